The molecule has 1 rings (SSSR count). The normalized spacial score (nSPS) is 14.6. The van der Waals surface area contributed by atoms with Gasteiger partial charge >= 0.3 is 0 Å². The van der Waals surface area contributed by atoms with E-state index in [0.29, 0.717) is 12.0 Å². The van der Waals surface area contributed by atoms with Gasteiger partial charge in [-0.25, -0.2) is 0 Å². The van der Waals surface area contributed by atoms with Crippen molar-refractivity contribution in [1.29, 1.82) is 0 Å². The summed E-state index contributed by atoms with van der Waals surface area (Å²) in [7, 11) is 3.73. The molecule has 0 radical (unpaired) electrons. The predicted octanol–water partition coefficient (Wildman–Crippen LogP) is 1.47. The molecule has 19 heavy (non-hydrogen) atoms. The Labute approximate surface area is 116 Å². The molecule has 1 aromatic heterocycles. The molecular formula is C14H28N4O. The van der Waals surface area contributed by atoms with Gasteiger partial charge in [0, 0.05) is 32.5 Å². The van der Waals surface area contributed by atoms with Crippen LogP contribution >= 0.6 is 0 Å². The molecule has 0 amide bonds. The molecule has 5 heteroatoms. The largest absolute Gasteiger partial charge is 0.385 e. The van der Waals surface area contributed by atoms with Crippen LogP contribution in [0.1, 0.15) is 36.7 Å². The fourth-order valence-corrected chi connectivity index (χ4v) is 2.52. The summed E-state index contributed by atoms with van der Waals surface area (Å²) in [6, 6.07) is 0.314. The number of methoxy groups -OCH3 is 1. The summed E-state index contributed by atoms with van der Waals surface area (Å²) in [5.41, 5.74) is 6.67. The van der Waals surface area contributed by atoms with Crippen molar-refractivity contribution in [3.05, 3.63) is 17.0 Å². The van der Waals surface area contributed by atoms with E-state index in [9.17, 15) is 0 Å². The van der Waals surface area contributed by atoms with Crippen molar-refractivity contribution < 1.29 is 4.74 Å². The Hall–Kier alpha value is -0.910. The van der Waals surface area contributed by atoms with Gasteiger partial charge in [0.2, 0.25) is 0 Å². The van der Waals surface area contributed by atoms with Gasteiger partial charge in [0.1, 0.15) is 0 Å². The average Bonchev–Trinajstić information content (AvgIpc) is 2.62. The van der Waals surface area contributed by atoms with Gasteiger partial charge < -0.3 is 4.74 Å². The summed E-state index contributed by atoms with van der Waals surface area (Å²) in [4.78, 5) is 0. The molecule has 2 atom stereocenters. The van der Waals surface area contributed by atoms with E-state index in [-0.39, 0.29) is 0 Å². The summed E-state index contributed by atoms with van der Waals surface area (Å²) >= 11 is 0. The Bertz CT molecular complexity index is 389. The van der Waals surface area contributed by atoms with Gasteiger partial charge in [-0.15, -0.1) is 0 Å². The number of hydrogen-bond donors (Lipinski definition) is 2. The van der Waals surface area contributed by atoms with Crippen LogP contribution in [0.3, 0.4) is 0 Å². The first-order chi connectivity index (χ1) is 9.01. The minimum atomic E-state index is 0.314. The minimum Gasteiger partial charge on any atom is -0.385 e. The van der Waals surface area contributed by atoms with Gasteiger partial charge in [0.25, 0.3) is 0 Å². The molecule has 0 aliphatic rings. The Kier molecular flexibility index (Phi) is 6.48. The summed E-state index contributed by atoms with van der Waals surface area (Å²) < 4.78 is 7.08. The van der Waals surface area contributed by atoms with Crippen LogP contribution in [0, 0.1) is 19.8 Å². The maximum absolute atomic E-state index is 5.68. The number of hydrogen-bond acceptors (Lipinski definition) is 4. The number of rotatable bonds is 8. The summed E-state index contributed by atoms with van der Waals surface area (Å²) in [6.07, 6.45) is 3.06. The zero-order chi connectivity index (χ0) is 14.4. The molecule has 2 unspecified atom stereocenters. The van der Waals surface area contributed by atoms with E-state index in [4.69, 9.17) is 10.6 Å². The van der Waals surface area contributed by atoms with Crippen molar-refractivity contribution in [2.45, 2.75) is 46.1 Å². The lowest BCUT2D eigenvalue weighted by atomic mass is 9.93. The second-order valence-corrected chi connectivity index (χ2v) is 5.34. The van der Waals surface area contributed by atoms with Crippen LogP contribution in [-0.2, 0) is 18.2 Å². The van der Waals surface area contributed by atoms with Crippen LogP contribution < -0.4 is 11.3 Å². The monoisotopic (exact) mass is 268 g/mol. The number of nitrogens with one attached hydrogen (secondary N) is 1. The van der Waals surface area contributed by atoms with Crippen molar-refractivity contribution in [2.75, 3.05) is 13.7 Å². The second-order valence-electron chi connectivity index (χ2n) is 5.34. The maximum atomic E-state index is 5.68. The third-order valence-corrected chi connectivity index (χ3v) is 4.04. The molecule has 1 heterocycles. The van der Waals surface area contributed by atoms with Gasteiger partial charge in [-0.2, -0.15) is 5.10 Å². The zero-order valence-corrected chi connectivity index (χ0v) is 12.9. The maximum Gasteiger partial charge on any atom is 0.0628 e. The Balaban J connectivity index is 2.57. The van der Waals surface area contributed by atoms with Crippen LogP contribution in [0.2, 0.25) is 0 Å². The number of nitrogens with zero attached hydrogens (tertiary/aromatic N) is 2. The van der Waals surface area contributed by atoms with Gasteiger partial charge in [-0.3, -0.25) is 16.0 Å². The molecule has 0 aromatic carbocycles. The number of aromatic nitrogens is 2. The van der Waals surface area contributed by atoms with E-state index in [1.165, 1.54) is 11.3 Å². The summed E-state index contributed by atoms with van der Waals surface area (Å²) in [6.45, 7) is 7.19. The first-order valence-electron chi connectivity index (χ1n) is 6.95. The lowest BCUT2D eigenvalue weighted by molar-refractivity contribution is 0.168. The van der Waals surface area contributed by atoms with Crippen LogP contribution in [0.15, 0.2) is 0 Å². The van der Waals surface area contributed by atoms with E-state index < -0.39 is 0 Å². The second kappa shape index (κ2) is 7.62. The summed E-state index contributed by atoms with van der Waals surface area (Å²) in [5.74, 6) is 6.18. The average molecular weight is 268 g/mol. The van der Waals surface area contributed by atoms with Crippen molar-refractivity contribution >= 4 is 0 Å². The third kappa shape index (κ3) is 4.30. The van der Waals surface area contributed by atoms with Gasteiger partial charge in [0.15, 0.2) is 0 Å². The molecule has 0 saturated heterocycles. The molecule has 0 bridgehead atoms. The predicted molar refractivity (Wildman–Crippen MR) is 77.8 cm³/mol. The quantitative estimate of drug-likeness (QED) is 0.553. The van der Waals surface area contributed by atoms with Crippen LogP contribution in [-0.4, -0.2) is 29.5 Å². The Morgan fingerprint density at radius 1 is 1.37 bits per heavy atom. The lowest BCUT2D eigenvalue weighted by Crippen LogP contribution is -2.40. The van der Waals surface area contributed by atoms with E-state index in [2.05, 4.69) is 31.3 Å². The molecule has 110 valence electrons. The number of ether oxygens (including phenoxy) is 1. The van der Waals surface area contributed by atoms with Gasteiger partial charge in [-0.05, 0) is 44.6 Å². The minimum absolute atomic E-state index is 0.314. The molecule has 0 fully saturated rings. The topological polar surface area (TPSA) is 65.1 Å². The van der Waals surface area contributed by atoms with Crippen LogP contribution in [0.5, 0.6) is 0 Å². The molecular weight excluding hydrogens is 240 g/mol. The highest BCUT2D eigenvalue weighted by Crippen LogP contribution is 2.18. The van der Waals surface area contributed by atoms with Gasteiger partial charge in [-0.1, -0.05) is 6.92 Å². The van der Waals surface area contributed by atoms with E-state index in [1.807, 2.05) is 11.7 Å². The number of aryl methyl sites for hydroxylation is 2. The third-order valence-electron chi connectivity index (χ3n) is 4.04. The molecule has 1 aromatic rings. The highest BCUT2D eigenvalue weighted by Gasteiger charge is 2.17. The van der Waals surface area contributed by atoms with Crippen molar-refractivity contribution in [3.63, 3.8) is 0 Å². The molecule has 0 saturated carbocycles. The molecule has 0 aliphatic heterocycles. The van der Waals surface area contributed by atoms with Crippen LogP contribution in [0.25, 0.3) is 0 Å². The van der Waals surface area contributed by atoms with E-state index in [1.54, 1.807) is 7.11 Å². The Morgan fingerprint density at radius 2 is 2.05 bits per heavy atom. The fraction of sp³-hybridized carbons (Fsp3) is 0.786. The zero-order valence-electron chi connectivity index (χ0n) is 12.9. The highest BCUT2D eigenvalue weighted by atomic mass is 16.5. The standard InChI is InChI=1S/C14H28N4O/c1-10(8-9-19-5)14(16-15)7-6-13-11(2)17-18(4)12(13)3/h10,14,16H,6-9,15H2,1-5H3. The molecule has 0 spiro atoms. The van der Waals surface area contributed by atoms with E-state index in [0.717, 1.165) is 31.6 Å². The SMILES string of the molecule is COCCC(C)C(CCc1c(C)nn(C)c1C)NN. The Morgan fingerprint density at radius 3 is 2.53 bits per heavy atom. The lowest BCUT2D eigenvalue weighted by Gasteiger charge is -2.23. The molecule has 0 aliphatic carbocycles. The summed E-state index contributed by atoms with van der Waals surface area (Å²) in [5, 5.41) is 4.45. The van der Waals surface area contributed by atoms with Crippen molar-refractivity contribution in [2.24, 2.45) is 18.8 Å². The molecule has 3 N–H and O–H groups in total. The number of nitrogens with two attached hydrogens (primary N) is 1. The highest BCUT2D eigenvalue weighted by molar-refractivity contribution is 5.24. The first-order valence-corrected chi connectivity index (χ1v) is 6.95. The fourth-order valence-electron chi connectivity index (χ4n) is 2.52. The van der Waals surface area contributed by atoms with Crippen molar-refractivity contribution in [1.82, 2.24) is 15.2 Å². The van der Waals surface area contributed by atoms with Crippen molar-refractivity contribution in [3.8, 4) is 0 Å². The van der Waals surface area contributed by atoms with Crippen LogP contribution in [0.4, 0.5) is 0 Å². The van der Waals surface area contributed by atoms with Gasteiger partial charge in [0.05, 0.1) is 5.69 Å². The molecule has 5 nitrogen and oxygen atoms in total. The smallest absolute Gasteiger partial charge is 0.0628 e. The first kappa shape index (κ1) is 16.1. The number of hydrazine groups is 1. The van der Waals surface area contributed by atoms with E-state index >= 15 is 0 Å².